The summed E-state index contributed by atoms with van der Waals surface area (Å²) in [7, 11) is 2.22. The van der Waals surface area contributed by atoms with Crippen molar-refractivity contribution in [1.82, 2.24) is 4.90 Å². The number of fused-ring (bicyclic) bond motifs is 2. The topological polar surface area (TPSA) is 29.5 Å². The normalized spacial score (nSPS) is 31.8. The van der Waals surface area contributed by atoms with E-state index in [9.17, 15) is 4.79 Å². The Bertz CT molecular complexity index is 540. The largest absolute Gasteiger partial charge is 0.462 e. The predicted molar refractivity (Wildman–Crippen MR) is 90.2 cm³/mol. The van der Waals surface area contributed by atoms with Crippen molar-refractivity contribution in [3.05, 3.63) is 35.9 Å². The second-order valence-corrected chi connectivity index (χ2v) is 7.72. The average Bonchev–Trinajstić information content (AvgIpc) is 3.35. The second kappa shape index (κ2) is 6.27. The SMILES string of the molecule is CN1[C@@H]2CC[C@H]1CC(OC(=O)C(CC1CC1)c1ccccc1)C2. The molecule has 1 aromatic rings. The van der Waals surface area contributed by atoms with Gasteiger partial charge < -0.3 is 9.64 Å². The van der Waals surface area contributed by atoms with Gasteiger partial charge in [-0.3, -0.25) is 4.79 Å². The lowest BCUT2D eigenvalue weighted by Gasteiger charge is -2.36. The number of carbonyl (C=O) groups is 1. The Morgan fingerprint density at radius 2 is 1.78 bits per heavy atom. The molecule has 2 unspecified atom stereocenters. The molecule has 23 heavy (non-hydrogen) atoms. The standard InChI is InChI=1S/C20H27NO2/c1-21-16-9-10-17(21)13-18(12-16)23-20(22)19(11-14-7-8-14)15-5-3-2-4-6-15/h2-6,14,16-19H,7-13H2,1H3/t16-,17+,18?,19?. The molecule has 1 aliphatic carbocycles. The van der Waals surface area contributed by atoms with Gasteiger partial charge >= 0.3 is 5.97 Å². The highest BCUT2D eigenvalue weighted by Gasteiger charge is 2.41. The maximum Gasteiger partial charge on any atom is 0.313 e. The maximum absolute atomic E-state index is 12.9. The first-order chi connectivity index (χ1) is 11.2. The van der Waals surface area contributed by atoms with E-state index in [1.165, 1.54) is 25.7 Å². The van der Waals surface area contributed by atoms with Crippen LogP contribution in [0.1, 0.15) is 56.4 Å². The average molecular weight is 313 g/mol. The van der Waals surface area contributed by atoms with E-state index in [0.717, 1.165) is 30.7 Å². The van der Waals surface area contributed by atoms with Crippen LogP contribution in [0.5, 0.6) is 0 Å². The zero-order valence-corrected chi connectivity index (χ0v) is 14.0. The third-order valence-corrected chi connectivity index (χ3v) is 6.09. The van der Waals surface area contributed by atoms with Crippen LogP contribution in [0.4, 0.5) is 0 Å². The van der Waals surface area contributed by atoms with E-state index >= 15 is 0 Å². The summed E-state index contributed by atoms with van der Waals surface area (Å²) in [6.45, 7) is 0. The number of esters is 1. The van der Waals surface area contributed by atoms with Gasteiger partial charge in [-0.2, -0.15) is 0 Å². The molecule has 2 bridgehead atoms. The van der Waals surface area contributed by atoms with Crippen LogP contribution in [0.2, 0.25) is 0 Å². The molecule has 1 aromatic carbocycles. The molecule has 4 atom stereocenters. The van der Waals surface area contributed by atoms with Gasteiger partial charge in [0, 0.05) is 12.1 Å². The molecule has 3 nitrogen and oxygen atoms in total. The molecular weight excluding hydrogens is 286 g/mol. The highest BCUT2D eigenvalue weighted by atomic mass is 16.5. The fourth-order valence-electron chi connectivity index (χ4n) is 4.44. The van der Waals surface area contributed by atoms with E-state index < -0.39 is 0 Å². The number of nitrogens with zero attached hydrogens (tertiary/aromatic N) is 1. The summed E-state index contributed by atoms with van der Waals surface area (Å²) in [5.74, 6) is 0.666. The first-order valence-corrected chi connectivity index (χ1v) is 9.18. The molecule has 0 spiro atoms. The Hall–Kier alpha value is -1.35. The summed E-state index contributed by atoms with van der Waals surface area (Å²) >= 11 is 0. The fourth-order valence-corrected chi connectivity index (χ4v) is 4.44. The predicted octanol–water partition coefficient (Wildman–Crippen LogP) is 3.74. The minimum atomic E-state index is -0.0685. The van der Waals surface area contributed by atoms with E-state index in [2.05, 4.69) is 24.1 Å². The molecule has 124 valence electrons. The van der Waals surface area contributed by atoms with Crippen LogP contribution in [0, 0.1) is 5.92 Å². The third kappa shape index (κ3) is 3.30. The van der Waals surface area contributed by atoms with Gasteiger partial charge in [0.25, 0.3) is 0 Å². The molecule has 1 saturated carbocycles. The van der Waals surface area contributed by atoms with Gasteiger partial charge in [0.05, 0.1) is 5.92 Å². The zero-order valence-electron chi connectivity index (χ0n) is 14.0. The van der Waals surface area contributed by atoms with Crippen LogP contribution in [-0.4, -0.2) is 36.1 Å². The fraction of sp³-hybridized carbons (Fsp3) is 0.650. The molecule has 4 rings (SSSR count). The van der Waals surface area contributed by atoms with Gasteiger partial charge in [-0.15, -0.1) is 0 Å². The summed E-state index contributed by atoms with van der Waals surface area (Å²) in [6.07, 6.45) is 8.19. The number of carbonyl (C=O) groups excluding carboxylic acids is 1. The monoisotopic (exact) mass is 313 g/mol. The molecule has 0 amide bonds. The van der Waals surface area contributed by atoms with Crippen LogP contribution in [0.25, 0.3) is 0 Å². The van der Waals surface area contributed by atoms with Crippen molar-refractivity contribution in [3.8, 4) is 0 Å². The lowest BCUT2D eigenvalue weighted by Crippen LogP contribution is -2.43. The van der Waals surface area contributed by atoms with Crippen molar-refractivity contribution in [2.75, 3.05) is 7.05 Å². The van der Waals surface area contributed by atoms with Crippen molar-refractivity contribution < 1.29 is 9.53 Å². The first-order valence-electron chi connectivity index (χ1n) is 9.18. The molecule has 0 N–H and O–H groups in total. The molecule has 3 heteroatoms. The van der Waals surface area contributed by atoms with Gasteiger partial charge in [0.1, 0.15) is 6.10 Å². The van der Waals surface area contributed by atoms with Crippen LogP contribution in [0.3, 0.4) is 0 Å². The highest BCUT2D eigenvalue weighted by Crippen LogP contribution is 2.40. The minimum absolute atomic E-state index is 0.0112. The number of piperidine rings is 1. The molecule has 0 aromatic heterocycles. The quantitative estimate of drug-likeness (QED) is 0.776. The number of hydrogen-bond donors (Lipinski definition) is 0. The first kappa shape index (κ1) is 15.2. The molecule has 2 saturated heterocycles. The van der Waals surface area contributed by atoms with Crippen LogP contribution in [-0.2, 0) is 9.53 Å². The summed E-state index contributed by atoms with van der Waals surface area (Å²) in [5, 5.41) is 0. The third-order valence-electron chi connectivity index (χ3n) is 6.09. The minimum Gasteiger partial charge on any atom is -0.462 e. The maximum atomic E-state index is 12.9. The van der Waals surface area contributed by atoms with Gasteiger partial charge in [-0.25, -0.2) is 0 Å². The lowest BCUT2D eigenvalue weighted by atomic mass is 9.93. The van der Waals surface area contributed by atoms with E-state index in [1.807, 2.05) is 18.2 Å². The number of hydrogen-bond acceptors (Lipinski definition) is 3. The van der Waals surface area contributed by atoms with Crippen LogP contribution < -0.4 is 0 Å². The van der Waals surface area contributed by atoms with E-state index in [1.54, 1.807) is 0 Å². The summed E-state index contributed by atoms with van der Waals surface area (Å²) in [4.78, 5) is 15.3. The molecular formula is C20H27NO2. The number of ether oxygens (including phenoxy) is 1. The summed E-state index contributed by atoms with van der Waals surface area (Å²) in [5.41, 5.74) is 1.13. The smallest absolute Gasteiger partial charge is 0.313 e. The van der Waals surface area contributed by atoms with Crippen molar-refractivity contribution in [2.24, 2.45) is 5.92 Å². The Balaban J connectivity index is 1.43. The molecule has 2 heterocycles. The Kier molecular flexibility index (Phi) is 4.14. The molecule has 0 radical (unpaired) electrons. The van der Waals surface area contributed by atoms with Gasteiger partial charge in [0.2, 0.25) is 0 Å². The number of benzene rings is 1. The molecule has 3 fully saturated rings. The van der Waals surface area contributed by atoms with Gasteiger partial charge in [-0.1, -0.05) is 43.2 Å². The summed E-state index contributed by atoms with van der Waals surface area (Å²) < 4.78 is 6.00. The second-order valence-electron chi connectivity index (χ2n) is 7.72. The van der Waals surface area contributed by atoms with Crippen molar-refractivity contribution in [3.63, 3.8) is 0 Å². The Labute approximate surface area is 139 Å². The highest BCUT2D eigenvalue weighted by molar-refractivity contribution is 5.78. The van der Waals surface area contributed by atoms with E-state index in [0.29, 0.717) is 12.1 Å². The van der Waals surface area contributed by atoms with E-state index in [-0.39, 0.29) is 18.0 Å². The van der Waals surface area contributed by atoms with Gasteiger partial charge in [0.15, 0.2) is 0 Å². The van der Waals surface area contributed by atoms with Crippen molar-refractivity contribution in [2.45, 2.75) is 69.1 Å². The van der Waals surface area contributed by atoms with Crippen LogP contribution in [0.15, 0.2) is 30.3 Å². The lowest BCUT2D eigenvalue weighted by molar-refractivity contribution is -0.154. The van der Waals surface area contributed by atoms with Crippen LogP contribution >= 0.6 is 0 Å². The van der Waals surface area contributed by atoms with E-state index in [4.69, 9.17) is 4.74 Å². The van der Waals surface area contributed by atoms with Crippen molar-refractivity contribution in [1.29, 1.82) is 0 Å². The van der Waals surface area contributed by atoms with Gasteiger partial charge in [-0.05, 0) is 50.6 Å². The molecule has 3 aliphatic rings. The Morgan fingerprint density at radius 1 is 1.13 bits per heavy atom. The van der Waals surface area contributed by atoms with Crippen molar-refractivity contribution >= 4 is 5.97 Å². The zero-order chi connectivity index (χ0) is 15.8. The Morgan fingerprint density at radius 3 is 2.39 bits per heavy atom. The summed E-state index contributed by atoms with van der Waals surface area (Å²) in [6, 6.07) is 11.4. The molecule has 2 aliphatic heterocycles. The number of rotatable bonds is 5.